The third-order valence-electron chi connectivity index (χ3n) is 4.19. The molecule has 0 spiro atoms. The topological polar surface area (TPSA) is 95.9 Å². The molecule has 3 heterocycles. The first-order chi connectivity index (χ1) is 11.5. The number of nitriles is 1. The minimum atomic E-state index is -0.188. The average Bonchev–Trinajstić information content (AvgIpc) is 3.22. The van der Waals surface area contributed by atoms with Gasteiger partial charge in [0, 0.05) is 12.5 Å². The fraction of sp³-hybridized carbons (Fsp3) is 0.471. The van der Waals surface area contributed by atoms with E-state index in [9.17, 15) is 4.79 Å². The van der Waals surface area contributed by atoms with Gasteiger partial charge in [-0.25, -0.2) is 4.98 Å². The zero-order chi connectivity index (χ0) is 17.3. The Morgan fingerprint density at radius 3 is 2.83 bits per heavy atom. The molecule has 7 heteroatoms. The molecule has 124 valence electrons. The minimum absolute atomic E-state index is 0.152. The summed E-state index contributed by atoms with van der Waals surface area (Å²) in [5, 5.41) is 13.0. The molecule has 1 aliphatic heterocycles. The van der Waals surface area contributed by atoms with Gasteiger partial charge in [-0.1, -0.05) is 19.0 Å². The lowest BCUT2D eigenvalue weighted by molar-refractivity contribution is 0.0722. The summed E-state index contributed by atoms with van der Waals surface area (Å²) in [4.78, 5) is 23.3. The number of rotatable bonds is 3. The predicted octanol–water partition coefficient (Wildman–Crippen LogP) is 2.75. The Labute approximate surface area is 140 Å². The lowest BCUT2D eigenvalue weighted by atomic mass is 10.1. The Morgan fingerprint density at radius 1 is 1.42 bits per heavy atom. The summed E-state index contributed by atoms with van der Waals surface area (Å²) in [6, 6.07) is 5.10. The van der Waals surface area contributed by atoms with Gasteiger partial charge in [0.1, 0.15) is 11.8 Å². The first-order valence-corrected chi connectivity index (χ1v) is 8.03. The van der Waals surface area contributed by atoms with Crippen LogP contribution in [0.2, 0.25) is 0 Å². The van der Waals surface area contributed by atoms with Gasteiger partial charge in [-0.2, -0.15) is 10.2 Å². The summed E-state index contributed by atoms with van der Waals surface area (Å²) < 4.78 is 5.27. The van der Waals surface area contributed by atoms with Crippen LogP contribution in [0.15, 0.2) is 16.7 Å². The first-order valence-electron chi connectivity index (χ1n) is 8.03. The molecule has 24 heavy (non-hydrogen) atoms. The van der Waals surface area contributed by atoms with Crippen molar-refractivity contribution in [3.63, 3.8) is 0 Å². The van der Waals surface area contributed by atoms with Gasteiger partial charge in [0.2, 0.25) is 5.89 Å². The van der Waals surface area contributed by atoms with Crippen LogP contribution in [-0.4, -0.2) is 32.5 Å². The lowest BCUT2D eigenvalue weighted by Crippen LogP contribution is -2.32. The molecule has 3 rings (SSSR count). The molecule has 0 aliphatic carbocycles. The molecular weight excluding hydrogens is 306 g/mol. The molecule has 2 aromatic rings. The van der Waals surface area contributed by atoms with Crippen molar-refractivity contribution in [2.24, 2.45) is 0 Å². The summed E-state index contributed by atoms with van der Waals surface area (Å²) in [5.41, 5.74) is 1.37. The molecule has 0 saturated carbocycles. The van der Waals surface area contributed by atoms with Gasteiger partial charge >= 0.3 is 0 Å². The van der Waals surface area contributed by atoms with E-state index in [-0.39, 0.29) is 17.9 Å². The number of likely N-dealkylation sites (tertiary alicyclic amines) is 1. The normalized spacial score (nSPS) is 17.3. The van der Waals surface area contributed by atoms with Crippen LogP contribution >= 0.6 is 0 Å². The molecule has 1 atom stereocenters. The van der Waals surface area contributed by atoms with Crippen LogP contribution in [0.4, 0.5) is 0 Å². The molecule has 1 aliphatic rings. The Balaban J connectivity index is 1.85. The molecule has 0 radical (unpaired) electrons. The van der Waals surface area contributed by atoms with E-state index in [0.717, 1.165) is 12.8 Å². The number of aromatic nitrogens is 3. The van der Waals surface area contributed by atoms with E-state index in [1.54, 1.807) is 24.0 Å². The second kappa shape index (κ2) is 6.40. The quantitative estimate of drug-likeness (QED) is 0.861. The van der Waals surface area contributed by atoms with E-state index in [1.165, 1.54) is 0 Å². The molecule has 2 aromatic heterocycles. The molecule has 1 amide bonds. The molecular formula is C17H19N5O2. The predicted molar refractivity (Wildman–Crippen MR) is 85.1 cm³/mol. The second-order valence-electron chi connectivity index (χ2n) is 6.24. The van der Waals surface area contributed by atoms with Gasteiger partial charge in [0.15, 0.2) is 5.82 Å². The standard InChI is InChI=1S/C17H19N5O2/c1-10(2)16-20-15(21-24-16)14-5-4-8-22(14)17(23)13-7-6-12(9-18)11(3)19-13/h6-7,10,14H,4-5,8H2,1-3H3/t14-/m1/s1. The third kappa shape index (κ3) is 2.87. The van der Waals surface area contributed by atoms with Crippen LogP contribution in [-0.2, 0) is 0 Å². The maximum absolute atomic E-state index is 12.8. The van der Waals surface area contributed by atoms with E-state index < -0.39 is 0 Å². The van der Waals surface area contributed by atoms with Crippen molar-refractivity contribution >= 4 is 5.91 Å². The highest BCUT2D eigenvalue weighted by Crippen LogP contribution is 2.32. The van der Waals surface area contributed by atoms with E-state index in [2.05, 4.69) is 21.2 Å². The number of carbonyl (C=O) groups excluding carboxylic acids is 1. The van der Waals surface area contributed by atoms with Gasteiger partial charge < -0.3 is 9.42 Å². The second-order valence-corrected chi connectivity index (χ2v) is 6.24. The molecule has 0 N–H and O–H groups in total. The van der Waals surface area contributed by atoms with E-state index >= 15 is 0 Å². The largest absolute Gasteiger partial charge is 0.339 e. The van der Waals surface area contributed by atoms with Crippen LogP contribution in [0.1, 0.15) is 72.1 Å². The van der Waals surface area contributed by atoms with Crippen LogP contribution < -0.4 is 0 Å². The van der Waals surface area contributed by atoms with Crippen LogP contribution in [0.25, 0.3) is 0 Å². The third-order valence-corrected chi connectivity index (χ3v) is 4.19. The number of hydrogen-bond acceptors (Lipinski definition) is 6. The summed E-state index contributed by atoms with van der Waals surface area (Å²) in [6.45, 7) is 6.33. The van der Waals surface area contributed by atoms with Gasteiger partial charge in [0.25, 0.3) is 5.91 Å². The molecule has 7 nitrogen and oxygen atoms in total. The van der Waals surface area contributed by atoms with E-state index in [1.807, 2.05) is 13.8 Å². The smallest absolute Gasteiger partial charge is 0.273 e. The van der Waals surface area contributed by atoms with Gasteiger partial charge in [-0.05, 0) is 31.9 Å². The van der Waals surface area contributed by atoms with Crippen LogP contribution in [0, 0.1) is 18.3 Å². The van der Waals surface area contributed by atoms with Crippen LogP contribution in [0.5, 0.6) is 0 Å². The van der Waals surface area contributed by atoms with Crippen molar-refractivity contribution in [1.82, 2.24) is 20.0 Å². The van der Waals surface area contributed by atoms with Crippen molar-refractivity contribution in [2.45, 2.75) is 45.6 Å². The average molecular weight is 325 g/mol. The van der Waals surface area contributed by atoms with Gasteiger partial charge in [-0.3, -0.25) is 4.79 Å². The summed E-state index contributed by atoms with van der Waals surface area (Å²) >= 11 is 0. The SMILES string of the molecule is Cc1nc(C(=O)N2CCC[C@@H]2c2noc(C(C)C)n2)ccc1C#N. The maximum Gasteiger partial charge on any atom is 0.273 e. The van der Waals surface area contributed by atoms with E-state index in [4.69, 9.17) is 9.78 Å². The summed E-state index contributed by atoms with van der Waals surface area (Å²) in [6.07, 6.45) is 1.69. The Kier molecular flexibility index (Phi) is 4.30. The summed E-state index contributed by atoms with van der Waals surface area (Å²) in [5.74, 6) is 1.12. The number of pyridine rings is 1. The minimum Gasteiger partial charge on any atom is -0.339 e. The number of carbonyl (C=O) groups is 1. The molecule has 0 aromatic carbocycles. The fourth-order valence-corrected chi connectivity index (χ4v) is 2.84. The highest BCUT2D eigenvalue weighted by atomic mass is 16.5. The number of hydrogen-bond donors (Lipinski definition) is 0. The van der Waals surface area contributed by atoms with Crippen molar-refractivity contribution in [3.05, 3.63) is 40.8 Å². The number of aryl methyl sites for hydroxylation is 1. The van der Waals surface area contributed by atoms with Crippen molar-refractivity contribution in [2.75, 3.05) is 6.54 Å². The zero-order valence-corrected chi connectivity index (χ0v) is 14.0. The number of amides is 1. The maximum atomic E-state index is 12.8. The first kappa shape index (κ1) is 16.1. The molecule has 0 bridgehead atoms. The highest BCUT2D eigenvalue weighted by Gasteiger charge is 2.34. The van der Waals surface area contributed by atoms with Crippen molar-refractivity contribution in [1.29, 1.82) is 5.26 Å². The van der Waals surface area contributed by atoms with E-state index in [0.29, 0.717) is 35.2 Å². The monoisotopic (exact) mass is 325 g/mol. The summed E-state index contributed by atoms with van der Waals surface area (Å²) in [7, 11) is 0. The Bertz CT molecular complexity index is 806. The molecule has 1 fully saturated rings. The lowest BCUT2D eigenvalue weighted by Gasteiger charge is -2.22. The molecule has 0 unspecified atom stereocenters. The van der Waals surface area contributed by atoms with Gasteiger partial charge in [0.05, 0.1) is 17.3 Å². The van der Waals surface area contributed by atoms with Gasteiger partial charge in [-0.15, -0.1) is 0 Å². The van der Waals surface area contributed by atoms with Crippen LogP contribution in [0.3, 0.4) is 0 Å². The molecule has 1 saturated heterocycles. The van der Waals surface area contributed by atoms with Crippen molar-refractivity contribution < 1.29 is 9.32 Å². The van der Waals surface area contributed by atoms with Crippen molar-refractivity contribution in [3.8, 4) is 6.07 Å². The fourth-order valence-electron chi connectivity index (χ4n) is 2.84. The zero-order valence-electron chi connectivity index (χ0n) is 14.0. The number of nitrogens with zero attached hydrogens (tertiary/aromatic N) is 5. The Hall–Kier alpha value is -2.75. The highest BCUT2D eigenvalue weighted by molar-refractivity contribution is 5.92. The Morgan fingerprint density at radius 2 is 2.21 bits per heavy atom.